The minimum absolute atomic E-state index is 0.255. The van der Waals surface area contributed by atoms with Crippen LogP contribution in [0.5, 0.6) is 0 Å². The van der Waals surface area contributed by atoms with Crippen LogP contribution in [0.25, 0.3) is 0 Å². The van der Waals surface area contributed by atoms with Gasteiger partial charge < -0.3 is 0 Å². The van der Waals surface area contributed by atoms with Crippen molar-refractivity contribution in [2.45, 2.75) is 26.2 Å². The average molecular weight is 333 g/mol. The molecule has 0 aliphatic rings. The molecule has 102 valence electrons. The molecule has 0 radical (unpaired) electrons. The van der Waals surface area contributed by atoms with Crippen LogP contribution in [-0.4, -0.2) is 25.3 Å². The summed E-state index contributed by atoms with van der Waals surface area (Å²) >= 11 is 3.52. The summed E-state index contributed by atoms with van der Waals surface area (Å²) in [4.78, 5) is 0. The molecule has 1 aromatic carbocycles. The van der Waals surface area contributed by atoms with E-state index in [1.165, 1.54) is 5.56 Å². The zero-order valence-electron chi connectivity index (χ0n) is 10.8. The van der Waals surface area contributed by atoms with E-state index in [1.54, 1.807) is 6.92 Å². The van der Waals surface area contributed by atoms with E-state index in [0.29, 0.717) is 11.7 Å². The van der Waals surface area contributed by atoms with E-state index < -0.39 is 9.84 Å². The molecule has 4 heteroatoms. The third-order valence-electron chi connectivity index (χ3n) is 3.09. The summed E-state index contributed by atoms with van der Waals surface area (Å²) < 4.78 is 22.8. The van der Waals surface area contributed by atoms with E-state index in [4.69, 9.17) is 0 Å². The summed E-state index contributed by atoms with van der Waals surface area (Å²) in [5, 5.41) is 0.925. The number of hydrogen-bond acceptors (Lipinski definition) is 2. The molecule has 18 heavy (non-hydrogen) atoms. The summed E-state index contributed by atoms with van der Waals surface area (Å²) in [6.45, 7) is 1.71. The van der Waals surface area contributed by atoms with Gasteiger partial charge in [0.1, 0.15) is 9.84 Å². The van der Waals surface area contributed by atoms with Gasteiger partial charge in [-0.25, -0.2) is 8.42 Å². The predicted octanol–water partition coefficient (Wildman–Crippen LogP) is 3.46. The number of rotatable bonds is 8. The van der Waals surface area contributed by atoms with Gasteiger partial charge in [-0.15, -0.1) is 0 Å². The maximum absolute atomic E-state index is 11.4. The van der Waals surface area contributed by atoms with E-state index in [2.05, 4.69) is 28.1 Å². The largest absolute Gasteiger partial charge is 0.229 e. The quantitative estimate of drug-likeness (QED) is 0.683. The maximum Gasteiger partial charge on any atom is 0.150 e. The van der Waals surface area contributed by atoms with Crippen molar-refractivity contribution in [3.63, 3.8) is 0 Å². The fourth-order valence-electron chi connectivity index (χ4n) is 1.92. The summed E-state index contributed by atoms with van der Waals surface area (Å²) in [5.74, 6) is 1.09. The van der Waals surface area contributed by atoms with Crippen LogP contribution in [0.3, 0.4) is 0 Å². The lowest BCUT2D eigenvalue weighted by molar-refractivity contribution is 0.528. The molecule has 0 aliphatic heterocycles. The van der Waals surface area contributed by atoms with Crippen LogP contribution in [-0.2, 0) is 16.3 Å². The van der Waals surface area contributed by atoms with Gasteiger partial charge in [0.2, 0.25) is 0 Å². The van der Waals surface area contributed by atoms with E-state index >= 15 is 0 Å². The third kappa shape index (κ3) is 6.01. The van der Waals surface area contributed by atoms with Gasteiger partial charge in [0.25, 0.3) is 0 Å². The Morgan fingerprint density at radius 3 is 2.44 bits per heavy atom. The summed E-state index contributed by atoms with van der Waals surface area (Å²) in [6.07, 6.45) is 2.73. The Morgan fingerprint density at radius 2 is 1.89 bits per heavy atom. The summed E-state index contributed by atoms with van der Waals surface area (Å²) in [6, 6.07) is 10.3. The number of sulfone groups is 1. The second kappa shape index (κ2) is 7.95. The second-order valence-electron chi connectivity index (χ2n) is 4.59. The van der Waals surface area contributed by atoms with Crippen molar-refractivity contribution in [3.8, 4) is 0 Å². The monoisotopic (exact) mass is 332 g/mol. The van der Waals surface area contributed by atoms with Gasteiger partial charge in [-0.3, -0.25) is 0 Å². The Bertz CT molecular complexity index is 428. The first-order chi connectivity index (χ1) is 8.57. The van der Waals surface area contributed by atoms with Gasteiger partial charge in [0, 0.05) is 11.1 Å². The standard InChI is InChI=1S/C14H21BrO2S/c1-2-18(16,17)10-6-9-14(12-15)11-13-7-4-3-5-8-13/h3-5,7-8,14H,2,6,9-12H2,1H3. The van der Waals surface area contributed by atoms with Crippen molar-refractivity contribution >= 4 is 25.8 Å². The molecule has 0 bridgehead atoms. The molecule has 0 heterocycles. The van der Waals surface area contributed by atoms with Gasteiger partial charge >= 0.3 is 0 Å². The molecular weight excluding hydrogens is 312 g/mol. The lowest BCUT2D eigenvalue weighted by Crippen LogP contribution is -2.12. The highest BCUT2D eigenvalue weighted by atomic mass is 79.9. The number of halogens is 1. The second-order valence-corrected chi connectivity index (χ2v) is 7.71. The molecule has 2 nitrogen and oxygen atoms in total. The van der Waals surface area contributed by atoms with E-state index in [-0.39, 0.29) is 5.75 Å². The van der Waals surface area contributed by atoms with Crippen LogP contribution in [0.1, 0.15) is 25.3 Å². The normalized spacial score (nSPS) is 13.4. The molecule has 1 unspecified atom stereocenters. The van der Waals surface area contributed by atoms with Crippen molar-refractivity contribution in [1.29, 1.82) is 0 Å². The van der Waals surface area contributed by atoms with Crippen molar-refractivity contribution < 1.29 is 8.42 Å². The maximum atomic E-state index is 11.4. The predicted molar refractivity (Wildman–Crippen MR) is 81.0 cm³/mol. The number of benzene rings is 1. The Labute approximate surface area is 119 Å². The minimum Gasteiger partial charge on any atom is -0.229 e. The van der Waals surface area contributed by atoms with Crippen molar-refractivity contribution in [2.24, 2.45) is 5.92 Å². The Kier molecular flexibility index (Phi) is 6.94. The van der Waals surface area contributed by atoms with Gasteiger partial charge in [0.05, 0.1) is 5.75 Å². The topological polar surface area (TPSA) is 34.1 Å². The van der Waals surface area contributed by atoms with Crippen LogP contribution in [0.2, 0.25) is 0 Å². The third-order valence-corrected chi connectivity index (χ3v) is 5.80. The summed E-state index contributed by atoms with van der Waals surface area (Å²) in [7, 11) is -2.81. The van der Waals surface area contributed by atoms with Crippen LogP contribution in [0.4, 0.5) is 0 Å². The molecular formula is C14H21BrO2S. The molecule has 1 rings (SSSR count). The lowest BCUT2D eigenvalue weighted by atomic mass is 9.97. The van der Waals surface area contributed by atoms with E-state index in [1.807, 2.05) is 18.2 Å². The highest BCUT2D eigenvalue weighted by Gasteiger charge is 2.11. The molecule has 0 amide bonds. The van der Waals surface area contributed by atoms with Crippen molar-refractivity contribution in [1.82, 2.24) is 0 Å². The smallest absolute Gasteiger partial charge is 0.150 e. The zero-order valence-corrected chi connectivity index (χ0v) is 13.2. The zero-order chi connectivity index (χ0) is 13.4. The highest BCUT2D eigenvalue weighted by molar-refractivity contribution is 9.09. The van der Waals surface area contributed by atoms with Crippen molar-refractivity contribution in [3.05, 3.63) is 35.9 Å². The first-order valence-corrected chi connectivity index (χ1v) is 9.32. The fourth-order valence-corrected chi connectivity index (χ4v) is 3.37. The van der Waals surface area contributed by atoms with Crippen LogP contribution >= 0.6 is 15.9 Å². The minimum atomic E-state index is -2.81. The molecule has 1 aromatic rings. The van der Waals surface area contributed by atoms with Gasteiger partial charge in [0.15, 0.2) is 0 Å². The van der Waals surface area contributed by atoms with Gasteiger partial charge in [-0.2, -0.15) is 0 Å². The Balaban J connectivity index is 2.39. The first-order valence-electron chi connectivity index (χ1n) is 6.37. The molecule has 0 N–H and O–H groups in total. The molecule has 0 aromatic heterocycles. The molecule has 1 atom stereocenters. The number of alkyl halides is 1. The van der Waals surface area contributed by atoms with Gasteiger partial charge in [-0.05, 0) is 30.7 Å². The van der Waals surface area contributed by atoms with Crippen molar-refractivity contribution in [2.75, 3.05) is 16.8 Å². The first kappa shape index (κ1) is 15.7. The molecule has 0 spiro atoms. The molecule has 0 aliphatic carbocycles. The number of hydrogen-bond donors (Lipinski definition) is 0. The van der Waals surface area contributed by atoms with E-state index in [9.17, 15) is 8.42 Å². The van der Waals surface area contributed by atoms with Crippen LogP contribution < -0.4 is 0 Å². The van der Waals surface area contributed by atoms with E-state index in [0.717, 1.165) is 24.6 Å². The molecule has 0 saturated carbocycles. The lowest BCUT2D eigenvalue weighted by Gasteiger charge is -2.13. The summed E-state index contributed by atoms with van der Waals surface area (Å²) in [5.41, 5.74) is 1.32. The Morgan fingerprint density at radius 1 is 1.22 bits per heavy atom. The van der Waals surface area contributed by atoms with Crippen LogP contribution in [0.15, 0.2) is 30.3 Å². The molecule has 0 fully saturated rings. The molecule has 0 saturated heterocycles. The highest BCUT2D eigenvalue weighted by Crippen LogP contribution is 2.17. The van der Waals surface area contributed by atoms with Gasteiger partial charge in [-0.1, -0.05) is 53.2 Å². The Hall–Kier alpha value is -0.350. The SMILES string of the molecule is CCS(=O)(=O)CCCC(CBr)Cc1ccccc1. The average Bonchev–Trinajstić information content (AvgIpc) is 2.38. The van der Waals surface area contributed by atoms with Crippen LogP contribution in [0, 0.1) is 5.92 Å². The fraction of sp³-hybridized carbons (Fsp3) is 0.571.